The van der Waals surface area contributed by atoms with E-state index in [1.807, 2.05) is 45.0 Å². The number of nitrogens with two attached hydrogens (primary N) is 1. The summed E-state index contributed by atoms with van der Waals surface area (Å²) in [6.45, 7) is 17.6. The van der Waals surface area contributed by atoms with Gasteiger partial charge in [0.25, 0.3) is 0 Å². The molecule has 10 nitrogen and oxygen atoms in total. The molecule has 4 rings (SSSR count). The zero-order valence-electron chi connectivity index (χ0n) is 25.9. The van der Waals surface area contributed by atoms with Crippen molar-refractivity contribution in [2.45, 2.75) is 85.0 Å². The van der Waals surface area contributed by atoms with Gasteiger partial charge < -0.3 is 14.9 Å². The number of rotatable bonds is 8. The van der Waals surface area contributed by atoms with Gasteiger partial charge in [0.1, 0.15) is 11.4 Å². The van der Waals surface area contributed by atoms with E-state index < -0.39 is 20.0 Å². The molecule has 0 bridgehead atoms. The van der Waals surface area contributed by atoms with Gasteiger partial charge in [0, 0.05) is 10.7 Å². The molecule has 0 unspecified atom stereocenters. The zero-order chi connectivity index (χ0) is 31.7. The predicted octanol–water partition coefficient (Wildman–Crippen LogP) is 7.73. The fraction of sp³-hybridized carbons (Fsp3) is 0.433. The molecule has 4 aromatic rings. The second kappa shape index (κ2) is 12.5. The lowest BCUT2D eigenvalue weighted by molar-refractivity contribution is 0.0577. The second-order valence-corrected chi connectivity index (χ2v) is 19.0. The third-order valence-corrected chi connectivity index (χ3v) is 12.8. The summed E-state index contributed by atoms with van der Waals surface area (Å²) < 4.78 is 14.8. The van der Waals surface area contributed by atoms with Crippen molar-refractivity contribution in [3.8, 4) is 0 Å². The molecule has 43 heavy (non-hydrogen) atoms. The van der Waals surface area contributed by atoms with Crippen molar-refractivity contribution in [2.75, 3.05) is 10.6 Å². The Hall–Kier alpha value is -3.06. The molecule has 0 saturated carbocycles. The number of fused-ring (bicyclic) bond motifs is 1. The van der Waals surface area contributed by atoms with E-state index in [-0.39, 0.29) is 22.7 Å². The first kappa shape index (κ1) is 32.8. The molecular formula is C30H39BrClN7O3Si. The lowest BCUT2D eigenvalue weighted by Gasteiger charge is -2.36. The Morgan fingerprint density at radius 3 is 2.47 bits per heavy atom. The lowest BCUT2D eigenvalue weighted by Crippen LogP contribution is -2.40. The number of nitrogen functional groups attached to an aromatic ring is 1. The minimum Gasteiger partial charge on any atom is -0.443 e. The Bertz CT molecular complexity index is 1630. The Labute approximate surface area is 267 Å². The monoisotopic (exact) mass is 687 g/mol. The molecular weight excluding hydrogens is 650 g/mol. The van der Waals surface area contributed by atoms with Gasteiger partial charge in [-0.2, -0.15) is 10.1 Å². The number of carbonyl (C=O) groups excluding carboxylic acids is 1. The highest BCUT2D eigenvalue weighted by atomic mass is 79.9. The Balaban J connectivity index is 1.64. The molecule has 0 saturated heterocycles. The number of benzene rings is 1. The van der Waals surface area contributed by atoms with Gasteiger partial charge in [0.2, 0.25) is 5.28 Å². The summed E-state index contributed by atoms with van der Waals surface area (Å²) in [6.07, 6.45) is 4.59. The summed E-state index contributed by atoms with van der Waals surface area (Å²) in [5.74, 6) is 0.274. The molecule has 0 aliphatic heterocycles. The molecule has 0 atom stereocenters. The van der Waals surface area contributed by atoms with Crippen LogP contribution in [-0.4, -0.2) is 44.7 Å². The minimum absolute atomic E-state index is 0.0572. The highest BCUT2D eigenvalue weighted by Crippen LogP contribution is 2.37. The fourth-order valence-corrected chi connectivity index (χ4v) is 5.52. The quantitative estimate of drug-likeness (QED) is 0.147. The van der Waals surface area contributed by atoms with Crippen LogP contribution >= 0.6 is 27.5 Å². The summed E-state index contributed by atoms with van der Waals surface area (Å²) in [7, 11) is -1.98. The highest BCUT2D eigenvalue weighted by molar-refractivity contribution is 9.10. The summed E-state index contributed by atoms with van der Waals surface area (Å²) in [4.78, 5) is 27.9. The summed E-state index contributed by atoms with van der Waals surface area (Å²) in [5.41, 5.74) is 9.17. The van der Waals surface area contributed by atoms with Crippen LogP contribution in [0.15, 0.2) is 47.3 Å². The second-order valence-electron chi connectivity index (χ2n) is 13.0. The number of hydrogen-bond donors (Lipinski definition) is 1. The first-order chi connectivity index (χ1) is 19.9. The van der Waals surface area contributed by atoms with Gasteiger partial charge >= 0.3 is 6.09 Å². The van der Waals surface area contributed by atoms with Crippen LogP contribution in [0.1, 0.15) is 58.2 Å². The number of aromatic nitrogens is 5. The molecule has 1 aromatic carbocycles. The van der Waals surface area contributed by atoms with Gasteiger partial charge in [-0.1, -0.05) is 48.8 Å². The van der Waals surface area contributed by atoms with Crippen LogP contribution < -0.4 is 10.6 Å². The zero-order valence-corrected chi connectivity index (χ0v) is 29.2. The van der Waals surface area contributed by atoms with Gasteiger partial charge in [0.15, 0.2) is 14.0 Å². The van der Waals surface area contributed by atoms with Gasteiger partial charge in [-0.25, -0.2) is 14.5 Å². The molecule has 0 aliphatic rings. The van der Waals surface area contributed by atoms with E-state index >= 15 is 0 Å². The van der Waals surface area contributed by atoms with Crippen molar-refractivity contribution in [1.82, 2.24) is 24.7 Å². The van der Waals surface area contributed by atoms with Crippen molar-refractivity contribution >= 4 is 64.5 Å². The lowest BCUT2D eigenvalue weighted by atomic mass is 10.1. The Morgan fingerprint density at radius 2 is 1.79 bits per heavy atom. The number of ether oxygens (including phenoxy) is 1. The molecule has 0 spiro atoms. The molecule has 13 heteroatoms. The highest BCUT2D eigenvalue weighted by Gasteiger charge is 2.37. The van der Waals surface area contributed by atoms with Crippen LogP contribution in [0.25, 0.3) is 11.0 Å². The largest absolute Gasteiger partial charge is 0.443 e. The number of pyridine rings is 1. The van der Waals surface area contributed by atoms with Crippen LogP contribution in [0, 0.1) is 0 Å². The number of halogens is 2. The van der Waals surface area contributed by atoms with Crippen LogP contribution in [0.5, 0.6) is 0 Å². The van der Waals surface area contributed by atoms with Crippen molar-refractivity contribution in [3.63, 3.8) is 0 Å². The van der Waals surface area contributed by atoms with Crippen molar-refractivity contribution in [1.29, 1.82) is 0 Å². The first-order valence-corrected chi connectivity index (χ1v) is 18.0. The third-order valence-electron chi connectivity index (χ3n) is 7.38. The van der Waals surface area contributed by atoms with E-state index in [1.54, 1.807) is 28.2 Å². The number of nitrogens with zero attached hydrogens (tertiary/aromatic N) is 6. The maximum absolute atomic E-state index is 13.6. The molecule has 3 aromatic heterocycles. The SMILES string of the molecule is CC(C)(C)OC(=O)N(Cc1cc(Cn2ncc3c(N)nc(Cl)nc32)ccc1Br)c1cncc(CO[Si](C)(C)C(C)(C)C)c1. The predicted molar refractivity (Wildman–Crippen MR) is 177 cm³/mol. The van der Waals surface area contributed by atoms with Gasteiger partial charge in [0.05, 0.1) is 43.2 Å². The van der Waals surface area contributed by atoms with Gasteiger partial charge in [-0.3, -0.25) is 9.88 Å². The maximum Gasteiger partial charge on any atom is 0.415 e. The van der Waals surface area contributed by atoms with Crippen LogP contribution in [0.4, 0.5) is 16.3 Å². The van der Waals surface area contributed by atoms with E-state index in [0.29, 0.717) is 29.9 Å². The number of amides is 1. The number of anilines is 2. The van der Waals surface area contributed by atoms with Crippen molar-refractivity contribution in [3.05, 3.63) is 69.3 Å². The average Bonchev–Trinajstić information content (AvgIpc) is 3.28. The van der Waals surface area contributed by atoms with E-state index in [9.17, 15) is 4.79 Å². The van der Waals surface area contributed by atoms with E-state index in [4.69, 9.17) is 26.5 Å². The molecule has 0 radical (unpaired) electrons. The minimum atomic E-state index is -1.98. The molecule has 0 aliphatic carbocycles. The maximum atomic E-state index is 13.6. The van der Waals surface area contributed by atoms with E-state index in [1.165, 1.54) is 0 Å². The molecule has 1 amide bonds. The summed E-state index contributed by atoms with van der Waals surface area (Å²) >= 11 is 9.73. The smallest absolute Gasteiger partial charge is 0.415 e. The van der Waals surface area contributed by atoms with Crippen LogP contribution in [-0.2, 0) is 28.9 Å². The van der Waals surface area contributed by atoms with Crippen LogP contribution in [0.3, 0.4) is 0 Å². The first-order valence-electron chi connectivity index (χ1n) is 13.9. The molecule has 2 N–H and O–H groups in total. The van der Waals surface area contributed by atoms with Crippen molar-refractivity contribution < 1.29 is 14.0 Å². The molecule has 0 fully saturated rings. The molecule has 230 valence electrons. The van der Waals surface area contributed by atoms with E-state index in [2.05, 4.69) is 69.8 Å². The van der Waals surface area contributed by atoms with E-state index in [0.717, 1.165) is 21.2 Å². The Morgan fingerprint density at radius 1 is 1.07 bits per heavy atom. The third kappa shape index (κ3) is 8.11. The fourth-order valence-electron chi connectivity index (χ4n) is 4.02. The van der Waals surface area contributed by atoms with Gasteiger partial charge in [-0.15, -0.1) is 0 Å². The summed E-state index contributed by atoms with van der Waals surface area (Å²) in [6, 6.07) is 7.87. The normalized spacial score (nSPS) is 12.5. The summed E-state index contributed by atoms with van der Waals surface area (Å²) in [5, 5.41) is 5.20. The van der Waals surface area contributed by atoms with Crippen LogP contribution in [0.2, 0.25) is 23.4 Å². The molecule has 3 heterocycles. The standard InChI is InChI=1S/C30H39BrClN7O3Si/c1-29(2,3)42-28(40)38(22-12-20(13-34-14-22)18-41-43(7,8)30(4,5)6)17-21-11-19(9-10-24(21)31)16-39-26-23(15-35-39)25(33)36-27(32)37-26/h9-15H,16-18H2,1-8H3,(H2,33,36,37). The van der Waals surface area contributed by atoms with Gasteiger partial charge in [-0.05, 0) is 79.3 Å². The number of hydrogen-bond acceptors (Lipinski definition) is 8. The average molecular weight is 689 g/mol. The van der Waals surface area contributed by atoms with Crippen molar-refractivity contribution in [2.24, 2.45) is 0 Å². The number of carbonyl (C=O) groups is 1. The topological polar surface area (TPSA) is 121 Å². The Kier molecular flexibility index (Phi) is 9.55.